The average molecular weight is 428 g/mol. The second kappa shape index (κ2) is 9.79. The smallest absolute Gasteiger partial charge is 0.410 e. The average Bonchev–Trinajstić information content (AvgIpc) is 2.70. The van der Waals surface area contributed by atoms with Gasteiger partial charge in [0.25, 0.3) is 0 Å². The van der Waals surface area contributed by atoms with Gasteiger partial charge in [0.1, 0.15) is 0 Å². The number of imide groups is 1. The Morgan fingerprint density at radius 2 is 1.77 bits per heavy atom. The summed E-state index contributed by atoms with van der Waals surface area (Å²) in [6.07, 6.45) is 0.922. The molecule has 3 atom stereocenters. The maximum Gasteiger partial charge on any atom is 0.410 e. The Bertz CT molecular complexity index is 850. The predicted molar refractivity (Wildman–Crippen MR) is 113 cm³/mol. The first-order valence-electron chi connectivity index (χ1n) is 10.5. The Morgan fingerprint density at radius 3 is 2.29 bits per heavy atom. The van der Waals surface area contributed by atoms with E-state index in [1.807, 2.05) is 26.0 Å². The van der Waals surface area contributed by atoms with E-state index in [-0.39, 0.29) is 24.0 Å². The molecule has 9 heteroatoms. The Hall–Kier alpha value is -3.12. The maximum absolute atomic E-state index is 12.8. The van der Waals surface area contributed by atoms with Gasteiger partial charge < -0.3 is 15.4 Å². The van der Waals surface area contributed by atoms with Crippen LogP contribution in [0.1, 0.15) is 31.4 Å². The maximum atomic E-state index is 12.8. The number of hydrogen-bond donors (Lipinski definition) is 2. The third-order valence-corrected chi connectivity index (χ3v) is 5.71. The van der Waals surface area contributed by atoms with Gasteiger partial charge in [-0.3, -0.25) is 15.0 Å². The van der Waals surface area contributed by atoms with Gasteiger partial charge in [0, 0.05) is 26.2 Å². The highest BCUT2D eigenvalue weighted by molar-refractivity contribution is 5.96. The van der Waals surface area contributed by atoms with Crippen molar-refractivity contribution in [3.05, 3.63) is 35.4 Å². The van der Waals surface area contributed by atoms with Crippen molar-refractivity contribution in [3.8, 4) is 6.07 Å². The van der Waals surface area contributed by atoms with Gasteiger partial charge in [-0.15, -0.1) is 0 Å². The summed E-state index contributed by atoms with van der Waals surface area (Å²) in [7, 11) is 0. The summed E-state index contributed by atoms with van der Waals surface area (Å²) in [5, 5.41) is 11.2. The number of nitrogens with two attached hydrogens (primary N) is 1. The molecule has 0 saturated carbocycles. The predicted octanol–water partition coefficient (Wildman–Crippen LogP) is 1.46. The lowest BCUT2D eigenvalue weighted by Crippen LogP contribution is -2.60. The van der Waals surface area contributed by atoms with E-state index in [2.05, 4.69) is 16.3 Å². The van der Waals surface area contributed by atoms with E-state index in [4.69, 9.17) is 15.7 Å². The van der Waals surface area contributed by atoms with E-state index >= 15 is 0 Å². The minimum Gasteiger partial charge on any atom is -0.447 e. The Kier molecular flexibility index (Phi) is 7.13. The molecule has 166 valence electrons. The minimum absolute atomic E-state index is 0.167. The molecule has 1 aromatic carbocycles. The summed E-state index contributed by atoms with van der Waals surface area (Å²) in [5.74, 6) is 0.00187. The van der Waals surface area contributed by atoms with Crippen LogP contribution in [0, 0.1) is 23.2 Å². The molecule has 1 aromatic rings. The number of piperidine rings is 2. The van der Waals surface area contributed by atoms with E-state index in [0.717, 1.165) is 12.0 Å². The van der Waals surface area contributed by atoms with Crippen molar-refractivity contribution >= 4 is 18.0 Å². The summed E-state index contributed by atoms with van der Waals surface area (Å²) < 4.78 is 5.34. The zero-order valence-corrected chi connectivity index (χ0v) is 17.9. The van der Waals surface area contributed by atoms with Crippen molar-refractivity contribution < 1.29 is 19.1 Å². The lowest BCUT2D eigenvalue weighted by molar-refractivity contribution is -0.127. The number of ether oxygens (including phenoxy) is 1. The molecule has 2 aliphatic rings. The summed E-state index contributed by atoms with van der Waals surface area (Å²) >= 11 is 0. The molecule has 9 nitrogen and oxygen atoms in total. The largest absolute Gasteiger partial charge is 0.447 e. The summed E-state index contributed by atoms with van der Waals surface area (Å²) in [4.78, 5) is 40.3. The van der Waals surface area contributed by atoms with Gasteiger partial charge in [-0.25, -0.2) is 9.59 Å². The van der Waals surface area contributed by atoms with Crippen LogP contribution in [0.15, 0.2) is 24.3 Å². The number of likely N-dealkylation sites (tertiary alicyclic amines) is 2. The highest BCUT2D eigenvalue weighted by atomic mass is 16.6. The van der Waals surface area contributed by atoms with Gasteiger partial charge in [0.15, 0.2) is 0 Å². The molecule has 0 spiro atoms. The first kappa shape index (κ1) is 22.6. The van der Waals surface area contributed by atoms with Crippen molar-refractivity contribution in [3.63, 3.8) is 0 Å². The molecule has 2 bridgehead atoms. The van der Waals surface area contributed by atoms with Crippen LogP contribution < -0.4 is 11.1 Å². The molecule has 31 heavy (non-hydrogen) atoms. The number of fused-ring (bicyclic) bond motifs is 2. The van der Waals surface area contributed by atoms with Gasteiger partial charge in [0.2, 0.25) is 5.91 Å². The third kappa shape index (κ3) is 5.95. The fourth-order valence-electron chi connectivity index (χ4n) is 4.53. The van der Waals surface area contributed by atoms with Crippen LogP contribution in [0.25, 0.3) is 0 Å². The standard InChI is InChI=1S/C22H29N5O4/c1-14(2)31-22(30)27-12-17-7-18(13-27)11-26(10-17)19(20(28)25-21(24)29)8-15-3-5-16(9-23)6-4-15/h3-6,14,17-19H,7-8,10-13H2,1-2H3,(H3,24,25,28,29). The van der Waals surface area contributed by atoms with Gasteiger partial charge in [-0.05, 0) is 56.2 Å². The zero-order valence-electron chi connectivity index (χ0n) is 17.9. The Morgan fingerprint density at radius 1 is 1.16 bits per heavy atom. The van der Waals surface area contributed by atoms with E-state index in [9.17, 15) is 14.4 Å². The van der Waals surface area contributed by atoms with E-state index < -0.39 is 18.0 Å². The Labute approximate surface area is 182 Å². The first-order valence-corrected chi connectivity index (χ1v) is 10.5. The molecule has 2 saturated heterocycles. The summed E-state index contributed by atoms with van der Waals surface area (Å²) in [6, 6.07) is 7.68. The molecule has 0 aliphatic carbocycles. The fourth-order valence-corrected chi connectivity index (χ4v) is 4.53. The third-order valence-electron chi connectivity index (χ3n) is 5.71. The van der Waals surface area contributed by atoms with Crippen LogP contribution in [-0.4, -0.2) is 66.2 Å². The van der Waals surface area contributed by atoms with Gasteiger partial charge in [0.05, 0.1) is 23.8 Å². The first-order chi connectivity index (χ1) is 14.7. The normalized spacial score (nSPS) is 21.8. The molecule has 3 N–H and O–H groups in total. The number of amides is 4. The van der Waals surface area contributed by atoms with Crippen LogP contribution in [0.2, 0.25) is 0 Å². The Balaban J connectivity index is 1.73. The van der Waals surface area contributed by atoms with Gasteiger partial charge >= 0.3 is 12.1 Å². The van der Waals surface area contributed by atoms with Crippen LogP contribution >= 0.6 is 0 Å². The topological polar surface area (TPSA) is 129 Å². The number of carbonyl (C=O) groups is 3. The molecule has 0 radical (unpaired) electrons. The number of benzene rings is 1. The van der Waals surface area contributed by atoms with Crippen molar-refractivity contribution in [2.45, 2.75) is 38.8 Å². The van der Waals surface area contributed by atoms with E-state index in [1.165, 1.54) is 0 Å². The highest BCUT2D eigenvalue weighted by Gasteiger charge is 2.40. The second-order valence-corrected chi connectivity index (χ2v) is 8.64. The van der Waals surface area contributed by atoms with Crippen molar-refractivity contribution in [2.75, 3.05) is 26.2 Å². The van der Waals surface area contributed by atoms with Crippen molar-refractivity contribution in [1.29, 1.82) is 5.26 Å². The van der Waals surface area contributed by atoms with Crippen molar-refractivity contribution in [1.82, 2.24) is 15.1 Å². The van der Waals surface area contributed by atoms with Gasteiger partial charge in [-0.2, -0.15) is 5.26 Å². The SMILES string of the molecule is CC(C)OC(=O)N1CC2CC(C1)CN(C(Cc1ccc(C#N)cc1)C(=O)NC(N)=O)C2. The molecule has 3 unspecified atom stereocenters. The molecular formula is C22H29N5O4. The monoisotopic (exact) mass is 427 g/mol. The van der Waals surface area contributed by atoms with Crippen molar-refractivity contribution in [2.24, 2.45) is 17.6 Å². The van der Waals surface area contributed by atoms with Crippen LogP contribution in [-0.2, 0) is 16.0 Å². The number of hydrogen-bond acceptors (Lipinski definition) is 6. The molecule has 4 amide bonds. The number of carbonyl (C=O) groups excluding carboxylic acids is 3. The lowest BCUT2D eigenvalue weighted by atomic mass is 9.83. The number of urea groups is 1. The van der Waals surface area contributed by atoms with E-state index in [0.29, 0.717) is 38.2 Å². The van der Waals surface area contributed by atoms with Crippen LogP contribution in [0.4, 0.5) is 9.59 Å². The second-order valence-electron chi connectivity index (χ2n) is 8.64. The van der Waals surface area contributed by atoms with Crippen LogP contribution in [0.5, 0.6) is 0 Å². The number of primary amides is 1. The van der Waals surface area contributed by atoms with Gasteiger partial charge in [-0.1, -0.05) is 12.1 Å². The number of nitrogens with one attached hydrogen (secondary N) is 1. The molecule has 2 aliphatic heterocycles. The zero-order chi connectivity index (χ0) is 22.5. The van der Waals surface area contributed by atoms with Crippen LogP contribution in [0.3, 0.4) is 0 Å². The minimum atomic E-state index is -0.880. The highest BCUT2D eigenvalue weighted by Crippen LogP contribution is 2.31. The van der Waals surface area contributed by atoms with E-state index in [1.54, 1.807) is 17.0 Å². The molecule has 3 rings (SSSR count). The number of nitrogens with zero attached hydrogens (tertiary/aromatic N) is 3. The molecular weight excluding hydrogens is 398 g/mol. The summed E-state index contributed by atoms with van der Waals surface area (Å²) in [6.45, 7) is 6.09. The molecule has 2 heterocycles. The fraction of sp³-hybridized carbons (Fsp3) is 0.545. The quantitative estimate of drug-likeness (QED) is 0.732. The number of rotatable bonds is 5. The summed E-state index contributed by atoms with van der Waals surface area (Å²) in [5.41, 5.74) is 6.63. The number of nitriles is 1. The molecule has 0 aromatic heterocycles. The molecule has 2 fully saturated rings. The lowest BCUT2D eigenvalue weighted by Gasteiger charge is -2.47.